The number of aromatic hydroxyl groups is 1. The van der Waals surface area contributed by atoms with Crippen molar-refractivity contribution in [1.29, 1.82) is 0 Å². The quantitative estimate of drug-likeness (QED) is 0.102. The van der Waals surface area contributed by atoms with Gasteiger partial charge in [-0.05, 0) is 80.1 Å². The number of esters is 1. The molecule has 214 valence electrons. The molecule has 2 aromatic carbocycles. The fourth-order valence-corrected chi connectivity index (χ4v) is 3.86. The Balaban J connectivity index is 1.65. The average Bonchev–Trinajstić information content (AvgIpc) is 2.92. The van der Waals surface area contributed by atoms with Crippen LogP contribution in [0.4, 0.5) is 5.69 Å². The van der Waals surface area contributed by atoms with E-state index in [4.69, 9.17) is 15.2 Å². The number of nitrogens with one attached hydrogen (secondary N) is 1. The second-order valence-electron chi connectivity index (χ2n) is 9.89. The summed E-state index contributed by atoms with van der Waals surface area (Å²) in [6, 6.07) is 11.8. The molecule has 2 rings (SSSR count). The van der Waals surface area contributed by atoms with Gasteiger partial charge in [0.05, 0.1) is 12.2 Å². The Morgan fingerprint density at radius 1 is 1.05 bits per heavy atom. The number of likely N-dealkylation sites (N-methyl/N-ethyl adjacent to an activating group) is 1. The number of benzene rings is 2. The SMILES string of the molecule is CCN(CCCOc1cc(CNC(=O)CCCC/C=C/C(C)C)ccc1O)CCOC(=O)c1ccc(N)cc1. The highest BCUT2D eigenvalue weighted by Crippen LogP contribution is 2.27. The number of amides is 1. The summed E-state index contributed by atoms with van der Waals surface area (Å²) in [6.07, 6.45) is 8.47. The first-order valence-electron chi connectivity index (χ1n) is 13.9. The summed E-state index contributed by atoms with van der Waals surface area (Å²) in [4.78, 5) is 26.5. The number of unbranched alkanes of at least 4 members (excludes halogenated alkanes) is 2. The van der Waals surface area contributed by atoms with Crippen LogP contribution >= 0.6 is 0 Å². The van der Waals surface area contributed by atoms with E-state index in [0.717, 1.165) is 44.3 Å². The van der Waals surface area contributed by atoms with Gasteiger partial charge in [0.1, 0.15) is 6.61 Å². The Bertz CT molecular complexity index is 1040. The lowest BCUT2D eigenvalue weighted by molar-refractivity contribution is -0.121. The third kappa shape index (κ3) is 13.2. The molecule has 0 aliphatic heterocycles. The first kappa shape index (κ1) is 31.7. The van der Waals surface area contributed by atoms with E-state index < -0.39 is 0 Å². The van der Waals surface area contributed by atoms with Crippen molar-refractivity contribution in [3.8, 4) is 11.5 Å². The molecule has 0 saturated carbocycles. The zero-order valence-corrected chi connectivity index (χ0v) is 23.7. The first-order valence-corrected chi connectivity index (χ1v) is 13.9. The number of allylic oxidation sites excluding steroid dienone is 2. The molecule has 39 heavy (non-hydrogen) atoms. The highest BCUT2D eigenvalue weighted by molar-refractivity contribution is 5.89. The van der Waals surface area contributed by atoms with Gasteiger partial charge >= 0.3 is 5.97 Å². The topological polar surface area (TPSA) is 114 Å². The summed E-state index contributed by atoms with van der Waals surface area (Å²) in [5.74, 6) is 0.692. The molecule has 0 aliphatic rings. The van der Waals surface area contributed by atoms with Gasteiger partial charge in [0.25, 0.3) is 0 Å². The van der Waals surface area contributed by atoms with Gasteiger partial charge in [-0.2, -0.15) is 0 Å². The second-order valence-corrected chi connectivity index (χ2v) is 9.89. The summed E-state index contributed by atoms with van der Waals surface area (Å²) in [7, 11) is 0. The lowest BCUT2D eigenvalue weighted by Crippen LogP contribution is -2.30. The van der Waals surface area contributed by atoms with E-state index in [9.17, 15) is 14.7 Å². The minimum atomic E-state index is -0.365. The van der Waals surface area contributed by atoms with Crippen LogP contribution in [0.15, 0.2) is 54.6 Å². The van der Waals surface area contributed by atoms with Crippen LogP contribution < -0.4 is 15.8 Å². The van der Waals surface area contributed by atoms with E-state index in [1.165, 1.54) is 0 Å². The molecule has 1 amide bonds. The number of nitrogen functional groups attached to an aromatic ring is 1. The second kappa shape index (κ2) is 17.9. The van der Waals surface area contributed by atoms with E-state index in [1.54, 1.807) is 42.5 Å². The van der Waals surface area contributed by atoms with Crippen LogP contribution in [0, 0.1) is 5.92 Å². The van der Waals surface area contributed by atoms with E-state index in [0.29, 0.717) is 55.6 Å². The molecule has 0 spiro atoms. The van der Waals surface area contributed by atoms with Gasteiger partial charge in [-0.3, -0.25) is 4.79 Å². The van der Waals surface area contributed by atoms with Crippen LogP contribution in [0.5, 0.6) is 11.5 Å². The molecule has 2 aromatic rings. The summed E-state index contributed by atoms with van der Waals surface area (Å²) in [6.45, 7) is 9.66. The molecule has 0 saturated heterocycles. The van der Waals surface area contributed by atoms with Crippen molar-refractivity contribution in [2.75, 3.05) is 38.6 Å². The first-order chi connectivity index (χ1) is 18.8. The molecule has 0 aromatic heterocycles. The Kier molecular flexibility index (Phi) is 14.5. The summed E-state index contributed by atoms with van der Waals surface area (Å²) < 4.78 is 11.2. The smallest absolute Gasteiger partial charge is 0.338 e. The minimum absolute atomic E-state index is 0.0252. The molecule has 8 nitrogen and oxygen atoms in total. The largest absolute Gasteiger partial charge is 0.504 e. The van der Waals surface area contributed by atoms with E-state index in [2.05, 4.69) is 43.1 Å². The van der Waals surface area contributed by atoms with Crippen molar-refractivity contribution >= 4 is 17.6 Å². The predicted octanol–water partition coefficient (Wildman–Crippen LogP) is 5.31. The van der Waals surface area contributed by atoms with Gasteiger partial charge in [-0.15, -0.1) is 0 Å². The van der Waals surface area contributed by atoms with Gasteiger partial charge in [-0.25, -0.2) is 4.79 Å². The fraction of sp³-hybridized carbons (Fsp3) is 0.484. The normalized spacial score (nSPS) is 11.3. The Morgan fingerprint density at radius 2 is 1.82 bits per heavy atom. The lowest BCUT2D eigenvalue weighted by atomic mass is 10.1. The number of hydrogen-bond donors (Lipinski definition) is 3. The molecule has 0 atom stereocenters. The number of carbonyl (C=O) groups is 2. The van der Waals surface area contributed by atoms with Crippen LogP contribution in [-0.2, 0) is 16.1 Å². The van der Waals surface area contributed by atoms with Crippen LogP contribution in [-0.4, -0.2) is 54.7 Å². The van der Waals surface area contributed by atoms with Crippen molar-refractivity contribution < 1.29 is 24.2 Å². The zero-order chi connectivity index (χ0) is 28.5. The van der Waals surface area contributed by atoms with Crippen LogP contribution in [0.1, 0.15) is 68.8 Å². The number of carbonyl (C=O) groups excluding carboxylic acids is 2. The number of nitrogens with two attached hydrogens (primary N) is 1. The number of rotatable bonds is 18. The fourth-order valence-electron chi connectivity index (χ4n) is 3.86. The van der Waals surface area contributed by atoms with E-state index in [1.807, 2.05) is 0 Å². The highest BCUT2D eigenvalue weighted by atomic mass is 16.5. The van der Waals surface area contributed by atoms with Crippen molar-refractivity contribution in [3.63, 3.8) is 0 Å². The average molecular weight is 540 g/mol. The Morgan fingerprint density at radius 3 is 2.54 bits per heavy atom. The predicted molar refractivity (Wildman–Crippen MR) is 156 cm³/mol. The molecule has 8 heteroatoms. The van der Waals surface area contributed by atoms with E-state index >= 15 is 0 Å². The summed E-state index contributed by atoms with van der Waals surface area (Å²) >= 11 is 0. The van der Waals surface area contributed by atoms with Crippen molar-refractivity contribution in [3.05, 3.63) is 65.7 Å². The minimum Gasteiger partial charge on any atom is -0.504 e. The lowest BCUT2D eigenvalue weighted by Gasteiger charge is -2.20. The van der Waals surface area contributed by atoms with Gasteiger partial charge in [-0.1, -0.05) is 39.0 Å². The number of nitrogens with zero attached hydrogens (tertiary/aromatic N) is 1. The molecule has 0 radical (unpaired) electrons. The van der Waals surface area contributed by atoms with Crippen LogP contribution in [0.2, 0.25) is 0 Å². The maximum absolute atomic E-state index is 12.2. The molecule has 0 bridgehead atoms. The summed E-state index contributed by atoms with van der Waals surface area (Å²) in [5.41, 5.74) is 7.60. The molecule has 0 unspecified atom stereocenters. The number of anilines is 1. The van der Waals surface area contributed by atoms with Gasteiger partial charge in [0, 0.05) is 31.7 Å². The third-order valence-electron chi connectivity index (χ3n) is 6.17. The molecule has 0 aliphatic carbocycles. The Hall–Kier alpha value is -3.52. The molecule has 0 heterocycles. The number of hydrogen-bond acceptors (Lipinski definition) is 7. The number of phenols is 1. The van der Waals surface area contributed by atoms with E-state index in [-0.39, 0.29) is 17.6 Å². The van der Waals surface area contributed by atoms with Gasteiger partial charge in [0.2, 0.25) is 5.91 Å². The monoisotopic (exact) mass is 539 g/mol. The van der Waals surface area contributed by atoms with Crippen molar-refractivity contribution in [1.82, 2.24) is 10.2 Å². The highest BCUT2D eigenvalue weighted by Gasteiger charge is 2.10. The molecular weight excluding hydrogens is 494 g/mol. The molecular formula is C31H45N3O5. The number of ether oxygens (including phenoxy) is 2. The van der Waals surface area contributed by atoms with Gasteiger partial charge in [0.15, 0.2) is 11.5 Å². The number of phenolic OH excluding ortho intramolecular Hbond substituents is 1. The zero-order valence-electron chi connectivity index (χ0n) is 23.7. The molecule has 0 fully saturated rings. The molecule has 4 N–H and O–H groups in total. The standard InChI is InChI=1S/C31H45N3O5/c1-4-34(19-21-39-31(37)26-13-15-27(32)16-14-26)18-9-20-38-29-22-25(12-17-28(29)35)23-33-30(36)11-8-6-5-7-10-24(2)3/h7,10,12-17,22,24,35H,4-6,8-9,11,18-21,23,32H2,1-3H3,(H,33,36)/b10-7+. The third-order valence-corrected chi connectivity index (χ3v) is 6.17. The van der Waals surface area contributed by atoms with Crippen molar-refractivity contribution in [2.24, 2.45) is 5.92 Å². The summed E-state index contributed by atoms with van der Waals surface area (Å²) in [5, 5.41) is 13.1. The maximum atomic E-state index is 12.2. The van der Waals surface area contributed by atoms with Crippen molar-refractivity contribution in [2.45, 2.75) is 59.4 Å². The van der Waals surface area contributed by atoms with Crippen LogP contribution in [0.25, 0.3) is 0 Å². The Labute approximate surface area is 233 Å². The van der Waals surface area contributed by atoms with Crippen LogP contribution in [0.3, 0.4) is 0 Å². The maximum Gasteiger partial charge on any atom is 0.338 e. The van der Waals surface area contributed by atoms with Gasteiger partial charge < -0.3 is 30.5 Å².